The lowest BCUT2D eigenvalue weighted by molar-refractivity contribution is 0.117. The molecule has 20 heavy (non-hydrogen) atoms. The van der Waals surface area contributed by atoms with Crippen LogP contribution >= 0.6 is 0 Å². The summed E-state index contributed by atoms with van der Waals surface area (Å²) in [7, 11) is -0.247. The number of hydrogen-bond donors (Lipinski definition) is 1. The third kappa shape index (κ3) is 4.05. The first kappa shape index (κ1) is 15.5. The van der Waals surface area contributed by atoms with E-state index in [0.29, 0.717) is 31.4 Å². The Bertz CT molecular complexity index is 522. The van der Waals surface area contributed by atoms with Crippen molar-refractivity contribution in [2.75, 3.05) is 33.9 Å². The second-order valence-corrected chi connectivity index (χ2v) is 7.07. The summed E-state index contributed by atoms with van der Waals surface area (Å²) >= 11 is 0. The Morgan fingerprint density at radius 1 is 1.45 bits per heavy atom. The lowest BCUT2D eigenvalue weighted by atomic mass is 10.4. The smallest absolute Gasteiger partial charge is 0.276 e. The van der Waals surface area contributed by atoms with Crippen LogP contribution in [0, 0.1) is 5.92 Å². The average Bonchev–Trinajstić information content (AvgIpc) is 3.11. The zero-order chi connectivity index (χ0) is 14.6. The van der Waals surface area contributed by atoms with Crippen molar-refractivity contribution in [2.24, 2.45) is 5.92 Å². The van der Waals surface area contributed by atoms with E-state index in [-0.39, 0.29) is 5.09 Å². The van der Waals surface area contributed by atoms with Crippen LogP contribution in [-0.4, -0.2) is 46.6 Å². The van der Waals surface area contributed by atoms with Gasteiger partial charge in [0.05, 0.1) is 13.2 Å². The van der Waals surface area contributed by atoms with Crippen LogP contribution < -0.4 is 5.32 Å². The van der Waals surface area contributed by atoms with Gasteiger partial charge in [-0.25, -0.2) is 8.42 Å². The van der Waals surface area contributed by atoms with Crippen molar-refractivity contribution < 1.29 is 17.6 Å². The molecule has 1 heterocycles. The van der Waals surface area contributed by atoms with Crippen LogP contribution in [-0.2, 0) is 21.3 Å². The van der Waals surface area contributed by atoms with Gasteiger partial charge >= 0.3 is 0 Å². The van der Waals surface area contributed by atoms with Gasteiger partial charge < -0.3 is 14.5 Å². The second kappa shape index (κ2) is 6.71. The molecule has 0 amide bonds. The summed E-state index contributed by atoms with van der Waals surface area (Å²) in [6.45, 7) is 1.98. The Morgan fingerprint density at radius 2 is 2.20 bits per heavy atom. The molecular weight excluding hydrogens is 280 g/mol. The van der Waals surface area contributed by atoms with Gasteiger partial charge in [0.1, 0.15) is 5.76 Å². The van der Waals surface area contributed by atoms with Gasteiger partial charge in [0.2, 0.25) is 5.09 Å². The quantitative estimate of drug-likeness (QED) is 0.690. The van der Waals surface area contributed by atoms with E-state index in [1.54, 1.807) is 13.1 Å². The first-order chi connectivity index (χ1) is 9.54. The maximum atomic E-state index is 12.2. The fourth-order valence-corrected chi connectivity index (χ4v) is 2.84. The molecule has 0 radical (unpaired) electrons. The third-order valence-electron chi connectivity index (χ3n) is 3.25. The lowest BCUT2D eigenvalue weighted by Crippen LogP contribution is -2.30. The number of ether oxygens (including phenoxy) is 1. The predicted molar refractivity (Wildman–Crippen MR) is 74.8 cm³/mol. The maximum absolute atomic E-state index is 12.2. The standard InChI is InChI=1S/C13H22N2O4S/c1-14-9-12-5-6-13(19-12)20(16,17)15(2)7-8-18-10-11-3-4-11/h5-6,11,14H,3-4,7-10H2,1-2H3. The van der Waals surface area contributed by atoms with Gasteiger partial charge in [-0.15, -0.1) is 0 Å². The minimum Gasteiger partial charge on any atom is -0.447 e. The van der Waals surface area contributed by atoms with Gasteiger partial charge in [-0.1, -0.05) is 0 Å². The van der Waals surface area contributed by atoms with Crippen molar-refractivity contribution in [3.8, 4) is 0 Å². The van der Waals surface area contributed by atoms with Gasteiger partial charge in [0, 0.05) is 20.2 Å². The number of rotatable bonds is 9. The van der Waals surface area contributed by atoms with Crippen LogP contribution in [0.1, 0.15) is 18.6 Å². The fourth-order valence-electron chi connectivity index (χ4n) is 1.77. The van der Waals surface area contributed by atoms with E-state index in [0.717, 1.165) is 6.61 Å². The molecular formula is C13H22N2O4S. The second-order valence-electron chi connectivity index (χ2n) is 5.10. The van der Waals surface area contributed by atoms with E-state index in [1.807, 2.05) is 0 Å². The molecule has 0 atom stereocenters. The monoisotopic (exact) mass is 302 g/mol. The van der Waals surface area contributed by atoms with E-state index in [9.17, 15) is 8.42 Å². The number of nitrogens with zero attached hydrogens (tertiary/aromatic N) is 1. The molecule has 0 aliphatic heterocycles. The Kier molecular flexibility index (Phi) is 5.20. The zero-order valence-corrected chi connectivity index (χ0v) is 12.8. The molecule has 7 heteroatoms. The number of hydrogen-bond acceptors (Lipinski definition) is 5. The van der Waals surface area contributed by atoms with E-state index < -0.39 is 10.0 Å². The normalized spacial score (nSPS) is 15.9. The topological polar surface area (TPSA) is 71.8 Å². The molecule has 0 aromatic carbocycles. The molecule has 6 nitrogen and oxygen atoms in total. The van der Waals surface area contributed by atoms with Crippen molar-refractivity contribution in [1.29, 1.82) is 0 Å². The molecule has 114 valence electrons. The van der Waals surface area contributed by atoms with Crippen molar-refractivity contribution in [3.63, 3.8) is 0 Å². The van der Waals surface area contributed by atoms with Gasteiger partial charge in [-0.3, -0.25) is 0 Å². The highest BCUT2D eigenvalue weighted by atomic mass is 32.2. The molecule has 0 bridgehead atoms. The lowest BCUT2D eigenvalue weighted by Gasteiger charge is -2.15. The highest BCUT2D eigenvalue weighted by molar-refractivity contribution is 7.89. The van der Waals surface area contributed by atoms with Gasteiger partial charge in [-0.2, -0.15) is 4.31 Å². The van der Waals surface area contributed by atoms with Crippen LogP contribution in [0.4, 0.5) is 0 Å². The summed E-state index contributed by atoms with van der Waals surface area (Å²) in [6, 6.07) is 3.16. The van der Waals surface area contributed by atoms with Gasteiger partial charge in [-0.05, 0) is 37.9 Å². The van der Waals surface area contributed by atoms with Crippen molar-refractivity contribution in [2.45, 2.75) is 24.5 Å². The summed E-state index contributed by atoms with van der Waals surface area (Å²) < 4.78 is 36.5. The van der Waals surface area contributed by atoms with Gasteiger partial charge in [0.15, 0.2) is 0 Å². The minimum absolute atomic E-state index is 0.0209. The van der Waals surface area contributed by atoms with E-state index in [1.165, 1.54) is 30.3 Å². The zero-order valence-electron chi connectivity index (χ0n) is 12.0. The molecule has 1 aromatic rings. The largest absolute Gasteiger partial charge is 0.447 e. The summed E-state index contributed by atoms with van der Waals surface area (Å²) in [4.78, 5) is 0. The highest BCUT2D eigenvalue weighted by Crippen LogP contribution is 2.28. The third-order valence-corrected chi connectivity index (χ3v) is 4.98. The SMILES string of the molecule is CNCc1ccc(S(=O)(=O)N(C)CCOCC2CC2)o1. The molecule has 1 aromatic heterocycles. The van der Waals surface area contributed by atoms with E-state index in [2.05, 4.69) is 5.32 Å². The molecule has 1 N–H and O–H groups in total. The van der Waals surface area contributed by atoms with Crippen LogP contribution in [0.25, 0.3) is 0 Å². The summed E-state index contributed by atoms with van der Waals surface area (Å²) in [6.07, 6.45) is 2.46. The Hall–Kier alpha value is -0.890. The number of sulfonamides is 1. The Morgan fingerprint density at radius 3 is 2.85 bits per heavy atom. The molecule has 0 unspecified atom stereocenters. The van der Waals surface area contributed by atoms with Gasteiger partial charge in [0.25, 0.3) is 10.0 Å². The number of nitrogens with one attached hydrogen (secondary N) is 1. The van der Waals surface area contributed by atoms with Crippen LogP contribution in [0.3, 0.4) is 0 Å². The average molecular weight is 302 g/mol. The summed E-state index contributed by atoms with van der Waals surface area (Å²) in [5.74, 6) is 1.29. The molecule has 0 saturated heterocycles. The van der Waals surface area contributed by atoms with Crippen molar-refractivity contribution in [1.82, 2.24) is 9.62 Å². The molecule has 1 saturated carbocycles. The molecule has 2 rings (SSSR count). The predicted octanol–water partition coefficient (Wildman–Crippen LogP) is 1.05. The Balaban J connectivity index is 1.86. The van der Waals surface area contributed by atoms with Crippen LogP contribution in [0.2, 0.25) is 0 Å². The molecule has 1 fully saturated rings. The minimum atomic E-state index is -3.56. The van der Waals surface area contributed by atoms with E-state index >= 15 is 0 Å². The fraction of sp³-hybridized carbons (Fsp3) is 0.692. The molecule has 1 aliphatic rings. The molecule has 1 aliphatic carbocycles. The molecule has 0 spiro atoms. The summed E-state index contributed by atoms with van der Waals surface area (Å²) in [5.41, 5.74) is 0. The first-order valence-corrected chi connectivity index (χ1v) is 8.25. The van der Waals surface area contributed by atoms with Crippen molar-refractivity contribution in [3.05, 3.63) is 17.9 Å². The van der Waals surface area contributed by atoms with E-state index in [4.69, 9.17) is 9.15 Å². The summed E-state index contributed by atoms with van der Waals surface area (Å²) in [5, 5.41) is 2.89. The van der Waals surface area contributed by atoms with Crippen molar-refractivity contribution >= 4 is 10.0 Å². The number of furan rings is 1. The first-order valence-electron chi connectivity index (χ1n) is 6.81. The van der Waals surface area contributed by atoms with Crippen LogP contribution in [0.15, 0.2) is 21.6 Å². The maximum Gasteiger partial charge on any atom is 0.276 e. The Labute approximate surface area is 120 Å². The van der Waals surface area contributed by atoms with Crippen LogP contribution in [0.5, 0.6) is 0 Å². The number of likely N-dealkylation sites (N-methyl/N-ethyl adjacent to an activating group) is 1. The highest BCUT2D eigenvalue weighted by Gasteiger charge is 2.25.